The minimum Gasteiger partial charge on any atom is -0.342 e. The van der Waals surface area contributed by atoms with Crippen molar-refractivity contribution in [3.05, 3.63) is 36.0 Å². The first-order chi connectivity index (χ1) is 10.0. The van der Waals surface area contributed by atoms with Gasteiger partial charge in [0.05, 0.1) is 6.04 Å². The Morgan fingerprint density at radius 1 is 1.14 bits per heavy atom. The zero-order chi connectivity index (χ0) is 16.7. The van der Waals surface area contributed by atoms with Crippen molar-refractivity contribution in [2.45, 2.75) is 59.5 Å². The topological polar surface area (TPSA) is 48.0 Å². The molecular formula is C19H28N2O. The van der Waals surface area contributed by atoms with E-state index in [1.54, 1.807) is 0 Å². The number of nitrogens with zero attached hydrogens (tertiary/aromatic N) is 1. The van der Waals surface area contributed by atoms with Crippen molar-refractivity contribution >= 4 is 16.7 Å². The van der Waals surface area contributed by atoms with Crippen LogP contribution in [0.3, 0.4) is 0 Å². The van der Waals surface area contributed by atoms with E-state index in [0.29, 0.717) is 6.42 Å². The fraction of sp³-hybridized carbons (Fsp3) is 0.526. The Kier molecular flexibility index (Phi) is 4.22. The van der Waals surface area contributed by atoms with Crippen LogP contribution >= 0.6 is 0 Å². The van der Waals surface area contributed by atoms with Crippen LogP contribution < -0.4 is 5.73 Å². The number of hydrogen-bond acceptors (Lipinski definition) is 2. The van der Waals surface area contributed by atoms with Crippen LogP contribution in [0.4, 0.5) is 0 Å². The number of ketones is 1. The molecule has 0 saturated heterocycles. The summed E-state index contributed by atoms with van der Waals surface area (Å²) >= 11 is 0. The molecule has 0 aliphatic heterocycles. The molecule has 2 rings (SSSR count). The van der Waals surface area contributed by atoms with Crippen LogP contribution in [-0.4, -0.2) is 16.4 Å². The van der Waals surface area contributed by atoms with Gasteiger partial charge in [0.1, 0.15) is 0 Å². The summed E-state index contributed by atoms with van der Waals surface area (Å²) in [6.07, 6.45) is 2.74. The summed E-state index contributed by atoms with van der Waals surface area (Å²) in [6.45, 7) is 12.3. The van der Waals surface area contributed by atoms with E-state index in [1.165, 1.54) is 10.9 Å². The second-order valence-corrected chi connectivity index (χ2v) is 8.14. The molecule has 2 N–H and O–H groups in total. The Morgan fingerprint density at radius 3 is 2.27 bits per heavy atom. The minimum absolute atomic E-state index is 0.00398. The fourth-order valence-electron chi connectivity index (χ4n) is 2.85. The van der Waals surface area contributed by atoms with Gasteiger partial charge in [-0.2, -0.15) is 0 Å². The number of aromatic nitrogens is 1. The SMILES string of the molecule is CC(C)(C)C(=O)C(N)Cc1cn(C(C)(C)C)c2ccccc12. The second-order valence-electron chi connectivity index (χ2n) is 8.14. The molecule has 0 radical (unpaired) electrons. The fourth-order valence-corrected chi connectivity index (χ4v) is 2.85. The molecule has 3 heteroatoms. The summed E-state index contributed by atoms with van der Waals surface area (Å²) in [5.41, 5.74) is 8.12. The average Bonchev–Trinajstić information content (AvgIpc) is 2.76. The third-order valence-corrected chi connectivity index (χ3v) is 4.03. The lowest BCUT2D eigenvalue weighted by atomic mass is 9.84. The van der Waals surface area contributed by atoms with Crippen molar-refractivity contribution in [3.63, 3.8) is 0 Å². The predicted molar refractivity (Wildman–Crippen MR) is 93.1 cm³/mol. The van der Waals surface area contributed by atoms with Gasteiger partial charge in [0.15, 0.2) is 5.78 Å². The molecule has 0 aliphatic rings. The lowest BCUT2D eigenvalue weighted by Crippen LogP contribution is -2.40. The predicted octanol–water partition coefficient (Wildman–Crippen LogP) is 3.88. The third kappa shape index (κ3) is 3.25. The standard InChI is InChI=1S/C19H28N2O/c1-18(2,3)17(22)15(20)11-13-12-21(19(4,5)6)16-10-8-7-9-14(13)16/h7-10,12,15H,11,20H2,1-6H3. The van der Waals surface area contributed by atoms with Gasteiger partial charge in [-0.15, -0.1) is 0 Å². The zero-order valence-corrected chi connectivity index (χ0v) is 14.6. The molecular weight excluding hydrogens is 272 g/mol. The summed E-state index contributed by atoms with van der Waals surface area (Å²) < 4.78 is 2.27. The zero-order valence-electron chi connectivity index (χ0n) is 14.6. The van der Waals surface area contributed by atoms with Gasteiger partial charge >= 0.3 is 0 Å². The average molecular weight is 300 g/mol. The van der Waals surface area contributed by atoms with E-state index in [4.69, 9.17) is 5.73 Å². The van der Waals surface area contributed by atoms with E-state index >= 15 is 0 Å². The second kappa shape index (κ2) is 5.54. The van der Waals surface area contributed by atoms with Crippen LogP contribution in [0.25, 0.3) is 10.9 Å². The van der Waals surface area contributed by atoms with Gasteiger partial charge in [-0.05, 0) is 38.8 Å². The molecule has 120 valence electrons. The van der Waals surface area contributed by atoms with Crippen molar-refractivity contribution < 1.29 is 4.79 Å². The van der Waals surface area contributed by atoms with Crippen molar-refractivity contribution in [2.24, 2.45) is 11.1 Å². The van der Waals surface area contributed by atoms with Crippen LogP contribution in [0, 0.1) is 5.41 Å². The van der Waals surface area contributed by atoms with Gasteiger partial charge in [0.25, 0.3) is 0 Å². The van der Waals surface area contributed by atoms with E-state index < -0.39 is 11.5 Å². The number of hydrogen-bond donors (Lipinski definition) is 1. The van der Waals surface area contributed by atoms with Gasteiger partial charge in [-0.1, -0.05) is 39.0 Å². The molecule has 0 saturated carbocycles. The maximum Gasteiger partial charge on any atom is 0.155 e. The van der Waals surface area contributed by atoms with E-state index in [9.17, 15) is 4.79 Å². The number of carbonyl (C=O) groups excluding carboxylic acids is 1. The quantitative estimate of drug-likeness (QED) is 0.935. The van der Waals surface area contributed by atoms with E-state index in [-0.39, 0.29) is 11.3 Å². The Labute approximate surface area is 133 Å². The number of carbonyl (C=O) groups is 1. The van der Waals surface area contributed by atoms with Crippen LogP contribution in [0.2, 0.25) is 0 Å². The van der Waals surface area contributed by atoms with Gasteiger partial charge in [0, 0.05) is 28.1 Å². The van der Waals surface area contributed by atoms with E-state index in [2.05, 4.69) is 49.7 Å². The summed E-state index contributed by atoms with van der Waals surface area (Å²) in [5.74, 6) is 0.111. The first-order valence-corrected chi connectivity index (χ1v) is 7.91. The Bertz CT molecular complexity index is 684. The molecule has 1 unspecified atom stereocenters. The molecule has 0 spiro atoms. The van der Waals surface area contributed by atoms with E-state index in [1.807, 2.05) is 26.8 Å². The number of nitrogens with two attached hydrogens (primary N) is 1. The van der Waals surface area contributed by atoms with Gasteiger partial charge in [0.2, 0.25) is 0 Å². The maximum absolute atomic E-state index is 12.4. The molecule has 2 aromatic rings. The minimum atomic E-state index is -0.459. The lowest BCUT2D eigenvalue weighted by molar-refractivity contribution is -0.127. The Hall–Kier alpha value is -1.61. The van der Waals surface area contributed by atoms with Gasteiger partial charge < -0.3 is 10.3 Å². The van der Waals surface area contributed by atoms with Gasteiger partial charge in [-0.25, -0.2) is 0 Å². The van der Waals surface area contributed by atoms with E-state index in [0.717, 1.165) is 5.56 Å². The van der Waals surface area contributed by atoms with Crippen molar-refractivity contribution in [2.75, 3.05) is 0 Å². The first-order valence-electron chi connectivity index (χ1n) is 7.91. The Morgan fingerprint density at radius 2 is 1.73 bits per heavy atom. The molecule has 1 aromatic heterocycles. The van der Waals surface area contributed by atoms with Crippen LogP contribution in [0.1, 0.15) is 47.1 Å². The number of fused-ring (bicyclic) bond motifs is 1. The van der Waals surface area contributed by atoms with Crippen LogP contribution in [0.5, 0.6) is 0 Å². The molecule has 1 aromatic carbocycles. The van der Waals surface area contributed by atoms with Crippen molar-refractivity contribution in [1.82, 2.24) is 4.57 Å². The number of para-hydroxylation sites is 1. The smallest absolute Gasteiger partial charge is 0.155 e. The summed E-state index contributed by atoms with van der Waals surface area (Å²) in [6, 6.07) is 7.87. The Balaban J connectivity index is 2.43. The maximum atomic E-state index is 12.4. The number of rotatable bonds is 3. The van der Waals surface area contributed by atoms with Crippen LogP contribution in [-0.2, 0) is 16.8 Å². The lowest BCUT2D eigenvalue weighted by Gasteiger charge is -2.23. The molecule has 1 heterocycles. The van der Waals surface area contributed by atoms with Crippen molar-refractivity contribution in [1.29, 1.82) is 0 Å². The summed E-state index contributed by atoms with van der Waals surface area (Å²) in [5, 5.41) is 1.19. The highest BCUT2D eigenvalue weighted by Gasteiger charge is 2.28. The normalized spacial score (nSPS) is 14.3. The largest absolute Gasteiger partial charge is 0.342 e. The molecule has 1 atom stereocenters. The van der Waals surface area contributed by atoms with Gasteiger partial charge in [-0.3, -0.25) is 4.79 Å². The molecule has 0 aliphatic carbocycles. The van der Waals surface area contributed by atoms with Crippen molar-refractivity contribution in [3.8, 4) is 0 Å². The first kappa shape index (κ1) is 16.8. The summed E-state index contributed by atoms with van der Waals surface area (Å²) in [7, 11) is 0. The molecule has 0 fully saturated rings. The third-order valence-electron chi connectivity index (χ3n) is 4.03. The summed E-state index contributed by atoms with van der Waals surface area (Å²) in [4.78, 5) is 12.4. The molecule has 3 nitrogen and oxygen atoms in total. The molecule has 22 heavy (non-hydrogen) atoms. The number of benzene rings is 1. The highest BCUT2D eigenvalue weighted by atomic mass is 16.1. The van der Waals surface area contributed by atoms with Crippen LogP contribution in [0.15, 0.2) is 30.5 Å². The highest BCUT2D eigenvalue weighted by molar-refractivity contribution is 5.90. The monoisotopic (exact) mass is 300 g/mol. The number of Topliss-reactive ketones (excluding diaryl/α,β-unsaturated/α-hetero) is 1. The molecule has 0 bridgehead atoms. The molecule has 0 amide bonds. The highest BCUT2D eigenvalue weighted by Crippen LogP contribution is 2.29.